The van der Waals surface area contributed by atoms with Crippen LogP contribution in [-0.4, -0.2) is 49.4 Å². The van der Waals surface area contributed by atoms with Gasteiger partial charge in [0, 0.05) is 55.6 Å². The molecule has 0 aliphatic carbocycles. The molecule has 2 aromatic carbocycles. The number of rotatable bonds is 7. The van der Waals surface area contributed by atoms with Crippen molar-refractivity contribution in [3.8, 4) is 0 Å². The Morgan fingerprint density at radius 3 is 2.49 bits per heavy atom. The summed E-state index contributed by atoms with van der Waals surface area (Å²) in [4.78, 5) is 27.6. The summed E-state index contributed by atoms with van der Waals surface area (Å²) in [6.07, 6.45) is 2.78. The van der Waals surface area contributed by atoms with Crippen molar-refractivity contribution in [2.45, 2.75) is 64.7 Å². The second-order valence-electron chi connectivity index (χ2n) is 11.9. The summed E-state index contributed by atoms with van der Waals surface area (Å²) in [5, 5.41) is 6.96. The van der Waals surface area contributed by atoms with E-state index in [1.807, 2.05) is 44.7 Å². The first-order valence-corrected chi connectivity index (χ1v) is 14.4. The number of halogens is 3. The summed E-state index contributed by atoms with van der Waals surface area (Å²) in [6, 6.07) is 9.68. The van der Waals surface area contributed by atoms with Crippen molar-refractivity contribution in [2.75, 3.05) is 32.7 Å². The van der Waals surface area contributed by atoms with Gasteiger partial charge in [0.05, 0.1) is 5.92 Å². The minimum Gasteiger partial charge on any atom is -0.356 e. The highest BCUT2D eigenvalue weighted by Gasteiger charge is 2.56. The Labute approximate surface area is 235 Å². The van der Waals surface area contributed by atoms with Crippen LogP contribution >= 0.6 is 11.6 Å². The van der Waals surface area contributed by atoms with Crippen molar-refractivity contribution in [1.82, 2.24) is 15.5 Å². The predicted molar refractivity (Wildman–Crippen MR) is 151 cm³/mol. The van der Waals surface area contributed by atoms with Gasteiger partial charge >= 0.3 is 0 Å². The Hall–Kier alpha value is -2.51. The SMILES string of the molecule is CCC(=O)NCCc1cc(Cl)ccc1C1CCN(C(=O)[C@@H]2CNC[C@@]2(c2ccc(F)cc2F)C(C)(C)C)CC1. The molecule has 0 unspecified atom stereocenters. The molecule has 2 N–H and O–H groups in total. The van der Waals surface area contributed by atoms with Gasteiger partial charge in [-0.05, 0) is 65.5 Å². The van der Waals surface area contributed by atoms with Crippen LogP contribution in [0.2, 0.25) is 5.02 Å². The minimum atomic E-state index is -0.801. The van der Waals surface area contributed by atoms with Crippen molar-refractivity contribution in [1.29, 1.82) is 0 Å². The molecule has 0 spiro atoms. The molecule has 2 fully saturated rings. The molecule has 2 amide bonds. The Balaban J connectivity index is 1.51. The molecule has 2 saturated heterocycles. The maximum atomic E-state index is 15.2. The molecule has 5 nitrogen and oxygen atoms in total. The number of nitrogens with zero attached hydrogens (tertiary/aromatic N) is 1. The fourth-order valence-corrected chi connectivity index (χ4v) is 6.81. The smallest absolute Gasteiger partial charge is 0.227 e. The Morgan fingerprint density at radius 2 is 1.85 bits per heavy atom. The fourth-order valence-electron chi connectivity index (χ4n) is 6.62. The van der Waals surface area contributed by atoms with Crippen molar-refractivity contribution in [3.05, 3.63) is 69.7 Å². The quantitative estimate of drug-likeness (QED) is 0.464. The van der Waals surface area contributed by atoms with Gasteiger partial charge in [-0.3, -0.25) is 9.59 Å². The van der Waals surface area contributed by atoms with E-state index in [9.17, 15) is 14.0 Å². The first-order chi connectivity index (χ1) is 18.5. The number of nitrogens with one attached hydrogen (secondary N) is 2. The number of hydrogen-bond acceptors (Lipinski definition) is 3. The third-order valence-corrected chi connectivity index (χ3v) is 9.02. The Bertz CT molecular complexity index is 1210. The Kier molecular flexibility index (Phi) is 9.01. The largest absolute Gasteiger partial charge is 0.356 e. The second-order valence-corrected chi connectivity index (χ2v) is 12.4. The summed E-state index contributed by atoms with van der Waals surface area (Å²) >= 11 is 6.30. The van der Waals surface area contributed by atoms with Gasteiger partial charge in [0.2, 0.25) is 11.8 Å². The van der Waals surface area contributed by atoms with Crippen molar-refractivity contribution in [2.24, 2.45) is 11.3 Å². The van der Waals surface area contributed by atoms with E-state index in [1.54, 1.807) is 0 Å². The van der Waals surface area contributed by atoms with Gasteiger partial charge in [-0.1, -0.05) is 51.4 Å². The maximum Gasteiger partial charge on any atom is 0.227 e. The lowest BCUT2D eigenvalue weighted by molar-refractivity contribution is -0.139. The van der Waals surface area contributed by atoms with Crippen LogP contribution in [0.4, 0.5) is 8.78 Å². The monoisotopic (exact) mass is 559 g/mol. The molecule has 0 aromatic heterocycles. The molecule has 2 aliphatic heterocycles. The zero-order valence-electron chi connectivity index (χ0n) is 23.4. The van der Waals surface area contributed by atoms with Crippen LogP contribution in [0, 0.1) is 23.0 Å². The van der Waals surface area contributed by atoms with Crippen LogP contribution in [0.3, 0.4) is 0 Å². The van der Waals surface area contributed by atoms with Crippen LogP contribution in [0.15, 0.2) is 36.4 Å². The predicted octanol–water partition coefficient (Wildman–Crippen LogP) is 5.60. The van der Waals surface area contributed by atoms with E-state index in [4.69, 9.17) is 11.6 Å². The second kappa shape index (κ2) is 11.9. The third kappa shape index (κ3) is 5.99. The maximum absolute atomic E-state index is 15.2. The van der Waals surface area contributed by atoms with Gasteiger partial charge in [0.1, 0.15) is 11.6 Å². The van der Waals surface area contributed by atoms with Gasteiger partial charge in [-0.25, -0.2) is 8.78 Å². The summed E-state index contributed by atoms with van der Waals surface area (Å²) in [6.45, 7) is 10.6. The van der Waals surface area contributed by atoms with Gasteiger partial charge < -0.3 is 15.5 Å². The van der Waals surface area contributed by atoms with Gasteiger partial charge in [0.15, 0.2) is 0 Å². The van der Waals surface area contributed by atoms with Gasteiger partial charge in [-0.15, -0.1) is 0 Å². The van der Waals surface area contributed by atoms with E-state index in [0.29, 0.717) is 56.2 Å². The summed E-state index contributed by atoms with van der Waals surface area (Å²) in [5.41, 5.74) is 1.50. The van der Waals surface area contributed by atoms with Crippen molar-refractivity contribution < 1.29 is 18.4 Å². The molecule has 2 aliphatic rings. The molecule has 2 heterocycles. The first-order valence-electron chi connectivity index (χ1n) is 14.0. The number of amides is 2. The van der Waals surface area contributed by atoms with E-state index >= 15 is 4.39 Å². The van der Waals surface area contributed by atoms with Crippen LogP contribution in [0.5, 0.6) is 0 Å². The molecule has 2 aromatic rings. The molecule has 0 bridgehead atoms. The summed E-state index contributed by atoms with van der Waals surface area (Å²) in [7, 11) is 0. The first kappa shape index (κ1) is 29.5. The van der Waals surface area contributed by atoms with E-state index < -0.39 is 28.4 Å². The van der Waals surface area contributed by atoms with Gasteiger partial charge in [0.25, 0.3) is 0 Å². The lowest BCUT2D eigenvalue weighted by atomic mass is 9.57. The fraction of sp³-hybridized carbons (Fsp3) is 0.548. The number of likely N-dealkylation sites (tertiary alicyclic amines) is 1. The summed E-state index contributed by atoms with van der Waals surface area (Å²) < 4.78 is 29.0. The van der Waals surface area contributed by atoms with E-state index in [1.165, 1.54) is 17.7 Å². The van der Waals surface area contributed by atoms with E-state index in [2.05, 4.69) is 16.7 Å². The molecule has 8 heteroatoms. The average Bonchev–Trinajstić information content (AvgIpc) is 3.35. The highest BCUT2D eigenvalue weighted by Crippen LogP contribution is 2.51. The normalized spacial score (nSPS) is 22.2. The lowest BCUT2D eigenvalue weighted by Gasteiger charge is -2.47. The topological polar surface area (TPSA) is 61.4 Å². The zero-order valence-corrected chi connectivity index (χ0v) is 24.1. The minimum absolute atomic E-state index is 0.0238. The number of hydrogen-bond donors (Lipinski definition) is 2. The van der Waals surface area contributed by atoms with E-state index in [-0.39, 0.29) is 17.7 Å². The van der Waals surface area contributed by atoms with E-state index in [0.717, 1.165) is 24.5 Å². The molecular weight excluding hydrogens is 520 g/mol. The number of carbonyl (C=O) groups is 2. The highest BCUT2D eigenvalue weighted by molar-refractivity contribution is 6.30. The van der Waals surface area contributed by atoms with Crippen LogP contribution in [0.1, 0.15) is 69.6 Å². The molecular formula is C31H40ClF2N3O2. The van der Waals surface area contributed by atoms with Crippen molar-refractivity contribution >= 4 is 23.4 Å². The molecule has 0 saturated carbocycles. The molecule has 2 atom stereocenters. The molecule has 39 heavy (non-hydrogen) atoms. The number of piperidine rings is 1. The molecule has 212 valence electrons. The summed E-state index contributed by atoms with van der Waals surface area (Å²) in [5.74, 6) is -1.34. The standard InChI is InChI=1S/C31H40ClF2N3O2/c1-5-28(38)36-13-10-21-16-22(32)6-8-24(21)20-11-14-37(15-12-20)29(39)26-18-35-19-31(26,30(2,3)4)25-9-7-23(33)17-27(25)34/h6-9,16-17,20,26,35H,5,10-15,18-19H2,1-4H3,(H,36,38)/t26-,31-/m0/s1. The highest BCUT2D eigenvalue weighted by atomic mass is 35.5. The third-order valence-electron chi connectivity index (χ3n) is 8.78. The Morgan fingerprint density at radius 1 is 1.13 bits per heavy atom. The average molecular weight is 560 g/mol. The number of benzene rings is 2. The van der Waals surface area contributed by atoms with Crippen LogP contribution in [0.25, 0.3) is 0 Å². The van der Waals surface area contributed by atoms with Crippen LogP contribution in [-0.2, 0) is 21.4 Å². The van der Waals surface area contributed by atoms with Crippen molar-refractivity contribution in [3.63, 3.8) is 0 Å². The molecule has 0 radical (unpaired) electrons. The zero-order chi connectivity index (χ0) is 28.4. The lowest BCUT2D eigenvalue weighted by Crippen LogP contribution is -2.54. The number of carbonyl (C=O) groups excluding carboxylic acids is 2. The van der Waals surface area contributed by atoms with Gasteiger partial charge in [-0.2, -0.15) is 0 Å². The van der Waals surface area contributed by atoms with Crippen LogP contribution < -0.4 is 10.6 Å². The molecule has 4 rings (SSSR count).